The monoisotopic (exact) mass is 292 g/mol. The van der Waals surface area contributed by atoms with Crippen LogP contribution in [0, 0.1) is 0 Å². The second kappa shape index (κ2) is 4.50. The normalized spacial score (nSPS) is 11.6. The molecule has 2 aromatic heterocycles. The van der Waals surface area contributed by atoms with Gasteiger partial charge in [0.1, 0.15) is 0 Å². The minimum atomic E-state index is -4.86. The smallest absolute Gasteiger partial charge is 0.453 e. The number of pyridine rings is 1. The highest BCUT2D eigenvalue weighted by Crippen LogP contribution is 2.28. The molecule has 0 saturated heterocycles. The number of alkyl halides is 3. The lowest BCUT2D eigenvalue weighted by molar-refractivity contribution is -0.144. The van der Waals surface area contributed by atoms with Crippen molar-refractivity contribution in [1.29, 1.82) is 0 Å². The highest BCUT2D eigenvalue weighted by Gasteiger charge is 2.38. The van der Waals surface area contributed by atoms with Gasteiger partial charge in [0.05, 0.1) is 5.02 Å². The van der Waals surface area contributed by atoms with Crippen LogP contribution in [-0.4, -0.2) is 30.8 Å². The Bertz CT molecular complexity index is 641. The molecule has 6 nitrogen and oxygen atoms in total. The van der Waals surface area contributed by atoms with Crippen molar-refractivity contribution < 1.29 is 23.1 Å². The first kappa shape index (κ1) is 13.3. The Balaban J connectivity index is 2.66. The molecule has 0 aromatic carbocycles. The summed E-state index contributed by atoms with van der Waals surface area (Å²) in [4.78, 5) is 17.5. The SMILES string of the molecule is O=C(O)c1nc(C(F)(F)F)nn1-c1ncccc1Cl. The largest absolute Gasteiger partial charge is 0.475 e. The summed E-state index contributed by atoms with van der Waals surface area (Å²) >= 11 is 5.73. The molecule has 0 unspecified atom stereocenters. The number of hydrogen-bond donors (Lipinski definition) is 1. The van der Waals surface area contributed by atoms with E-state index in [1.54, 1.807) is 0 Å². The summed E-state index contributed by atoms with van der Waals surface area (Å²) < 4.78 is 37.9. The minimum Gasteiger partial charge on any atom is -0.475 e. The molecule has 19 heavy (non-hydrogen) atoms. The van der Waals surface area contributed by atoms with Crippen molar-refractivity contribution in [2.45, 2.75) is 6.18 Å². The maximum Gasteiger partial charge on any atom is 0.453 e. The molecule has 0 amide bonds. The van der Waals surface area contributed by atoms with E-state index in [4.69, 9.17) is 16.7 Å². The zero-order valence-electron chi connectivity index (χ0n) is 8.89. The fraction of sp³-hybridized carbons (Fsp3) is 0.111. The molecule has 1 N–H and O–H groups in total. The van der Waals surface area contributed by atoms with E-state index in [1.807, 2.05) is 0 Å². The average molecular weight is 293 g/mol. The van der Waals surface area contributed by atoms with Crippen LogP contribution in [0.1, 0.15) is 16.4 Å². The molecule has 0 radical (unpaired) electrons. The molecule has 0 fully saturated rings. The van der Waals surface area contributed by atoms with E-state index in [-0.39, 0.29) is 10.8 Å². The molecule has 2 rings (SSSR count). The second-order valence-electron chi connectivity index (χ2n) is 3.28. The van der Waals surface area contributed by atoms with Crippen molar-refractivity contribution in [3.05, 3.63) is 35.0 Å². The van der Waals surface area contributed by atoms with Gasteiger partial charge in [0, 0.05) is 6.20 Å². The van der Waals surface area contributed by atoms with E-state index in [1.165, 1.54) is 18.3 Å². The van der Waals surface area contributed by atoms with Gasteiger partial charge in [-0.1, -0.05) is 11.6 Å². The first-order chi connectivity index (χ1) is 8.80. The van der Waals surface area contributed by atoms with Gasteiger partial charge in [-0.05, 0) is 12.1 Å². The third kappa shape index (κ3) is 2.50. The quantitative estimate of drug-likeness (QED) is 0.916. The summed E-state index contributed by atoms with van der Waals surface area (Å²) in [5.41, 5.74) is 0. The van der Waals surface area contributed by atoms with Crippen LogP contribution >= 0.6 is 11.6 Å². The zero-order valence-corrected chi connectivity index (χ0v) is 9.64. The van der Waals surface area contributed by atoms with Crippen molar-refractivity contribution in [3.8, 4) is 5.82 Å². The van der Waals surface area contributed by atoms with Crippen molar-refractivity contribution >= 4 is 17.6 Å². The van der Waals surface area contributed by atoms with Gasteiger partial charge in [-0.3, -0.25) is 0 Å². The van der Waals surface area contributed by atoms with Crippen molar-refractivity contribution in [2.75, 3.05) is 0 Å². The number of nitrogens with zero attached hydrogens (tertiary/aromatic N) is 4. The Morgan fingerprint density at radius 1 is 1.42 bits per heavy atom. The average Bonchev–Trinajstić information content (AvgIpc) is 2.74. The fourth-order valence-corrected chi connectivity index (χ4v) is 1.45. The van der Waals surface area contributed by atoms with Gasteiger partial charge in [0.25, 0.3) is 5.82 Å². The molecule has 100 valence electrons. The molecule has 2 aromatic rings. The van der Waals surface area contributed by atoms with Crippen molar-refractivity contribution in [3.63, 3.8) is 0 Å². The predicted molar refractivity (Wildman–Crippen MR) is 56.1 cm³/mol. The lowest BCUT2D eigenvalue weighted by Crippen LogP contribution is -2.11. The Morgan fingerprint density at radius 3 is 2.63 bits per heavy atom. The third-order valence-electron chi connectivity index (χ3n) is 1.99. The number of hydrogen-bond acceptors (Lipinski definition) is 4. The Hall–Kier alpha value is -2.16. The molecule has 0 spiro atoms. The number of carboxylic acids is 1. The van der Waals surface area contributed by atoms with E-state index in [0.29, 0.717) is 4.68 Å². The summed E-state index contributed by atoms with van der Waals surface area (Å²) in [6, 6.07) is 2.78. The van der Waals surface area contributed by atoms with Crippen LogP contribution in [-0.2, 0) is 6.18 Å². The van der Waals surface area contributed by atoms with E-state index in [0.717, 1.165) is 0 Å². The van der Waals surface area contributed by atoms with E-state index >= 15 is 0 Å². The summed E-state index contributed by atoms with van der Waals surface area (Å²) in [6.45, 7) is 0. The van der Waals surface area contributed by atoms with Gasteiger partial charge < -0.3 is 5.11 Å². The lowest BCUT2D eigenvalue weighted by atomic mass is 10.4. The van der Waals surface area contributed by atoms with Gasteiger partial charge >= 0.3 is 12.1 Å². The summed E-state index contributed by atoms with van der Waals surface area (Å²) in [7, 11) is 0. The Kier molecular flexibility index (Phi) is 3.14. The summed E-state index contributed by atoms with van der Waals surface area (Å²) in [5, 5.41) is 11.9. The maximum absolute atomic E-state index is 12.5. The van der Waals surface area contributed by atoms with E-state index in [9.17, 15) is 18.0 Å². The number of carbonyl (C=O) groups is 1. The number of aromatic carboxylic acids is 1. The van der Waals surface area contributed by atoms with E-state index < -0.39 is 23.8 Å². The van der Waals surface area contributed by atoms with Gasteiger partial charge in [-0.2, -0.15) is 22.8 Å². The van der Waals surface area contributed by atoms with Gasteiger partial charge in [0.2, 0.25) is 5.82 Å². The highest BCUT2D eigenvalue weighted by atomic mass is 35.5. The minimum absolute atomic E-state index is 0.0522. The molecule has 10 heteroatoms. The van der Waals surface area contributed by atoms with Gasteiger partial charge in [0.15, 0.2) is 5.82 Å². The number of halogens is 4. The third-order valence-corrected chi connectivity index (χ3v) is 2.29. The van der Waals surface area contributed by atoms with Crippen LogP contribution in [0.3, 0.4) is 0 Å². The van der Waals surface area contributed by atoms with E-state index in [2.05, 4.69) is 15.1 Å². The first-order valence-electron chi connectivity index (χ1n) is 4.69. The molecule has 0 saturated carbocycles. The van der Waals surface area contributed by atoms with Crippen molar-refractivity contribution in [2.24, 2.45) is 0 Å². The fourth-order valence-electron chi connectivity index (χ4n) is 1.25. The maximum atomic E-state index is 12.5. The van der Waals surface area contributed by atoms with Crippen LogP contribution < -0.4 is 0 Å². The molecular weight excluding hydrogens is 289 g/mol. The number of rotatable bonds is 2. The van der Waals surface area contributed by atoms with Gasteiger partial charge in [-0.15, -0.1) is 5.10 Å². The number of carboxylic acid groups (broad SMARTS) is 1. The lowest BCUT2D eigenvalue weighted by Gasteiger charge is -2.03. The number of aromatic nitrogens is 4. The Morgan fingerprint density at radius 2 is 2.11 bits per heavy atom. The summed E-state index contributed by atoms with van der Waals surface area (Å²) in [5.74, 6) is -4.42. The topological polar surface area (TPSA) is 80.9 Å². The van der Waals surface area contributed by atoms with Gasteiger partial charge in [-0.25, -0.2) is 9.78 Å². The zero-order chi connectivity index (χ0) is 14.2. The van der Waals surface area contributed by atoms with Crippen LogP contribution in [0.2, 0.25) is 5.02 Å². The van der Waals surface area contributed by atoms with Crippen LogP contribution in [0.5, 0.6) is 0 Å². The highest BCUT2D eigenvalue weighted by molar-refractivity contribution is 6.32. The molecule has 2 heterocycles. The summed E-state index contributed by atoms with van der Waals surface area (Å²) in [6.07, 6.45) is -3.63. The Labute approximate surface area is 108 Å². The van der Waals surface area contributed by atoms with Crippen molar-refractivity contribution in [1.82, 2.24) is 19.7 Å². The van der Waals surface area contributed by atoms with Crippen LogP contribution in [0.25, 0.3) is 5.82 Å². The van der Waals surface area contributed by atoms with Crippen LogP contribution in [0.15, 0.2) is 18.3 Å². The standard InChI is InChI=1S/C9H4ClF3N4O2/c10-4-2-1-3-14-5(4)17-6(7(18)19)15-8(16-17)9(11,12)13/h1-3H,(H,18,19). The molecule has 0 aliphatic heterocycles. The molecule has 0 bridgehead atoms. The molecule has 0 aliphatic rings. The first-order valence-corrected chi connectivity index (χ1v) is 5.07. The predicted octanol–water partition coefficient (Wildman–Crippen LogP) is 2.03. The second-order valence-corrected chi connectivity index (χ2v) is 3.69. The molecular formula is C9H4ClF3N4O2. The van der Waals surface area contributed by atoms with Crippen LogP contribution in [0.4, 0.5) is 13.2 Å². The molecule has 0 aliphatic carbocycles. The molecule has 0 atom stereocenters.